The van der Waals surface area contributed by atoms with Gasteiger partial charge in [0.05, 0.1) is 0 Å². The molecular formula is C23H18N8O6S3. The number of benzene rings is 1. The Balaban J connectivity index is 1.35. The molecule has 204 valence electrons. The third-order valence-corrected chi connectivity index (χ3v) is 8.81. The first-order valence-electron chi connectivity index (χ1n) is 11.4. The Labute approximate surface area is 238 Å². The van der Waals surface area contributed by atoms with Gasteiger partial charge >= 0.3 is 5.97 Å². The highest BCUT2D eigenvalue weighted by Crippen LogP contribution is 2.41. The number of β-lactam (4-membered cyclic amide) rings is 1. The van der Waals surface area contributed by atoms with Crippen molar-refractivity contribution in [2.45, 2.75) is 15.8 Å². The van der Waals surface area contributed by atoms with Crippen molar-refractivity contribution in [3.8, 4) is 5.75 Å². The minimum absolute atomic E-state index is 0.103. The number of carboxylic acid groups (broad SMARTS) is 1. The molecule has 40 heavy (non-hydrogen) atoms. The summed E-state index contributed by atoms with van der Waals surface area (Å²) in [7, 11) is 0. The Morgan fingerprint density at radius 3 is 2.83 bits per heavy atom. The van der Waals surface area contributed by atoms with Gasteiger partial charge in [0, 0.05) is 17.7 Å². The third kappa shape index (κ3) is 5.80. The maximum Gasteiger partial charge on any atom is 0.352 e. The average molecular weight is 599 g/mol. The summed E-state index contributed by atoms with van der Waals surface area (Å²) in [6.45, 7) is 0. The highest BCUT2D eigenvalue weighted by molar-refractivity contribution is 8.01. The number of para-hydroxylation sites is 1. The van der Waals surface area contributed by atoms with Gasteiger partial charge in [0.15, 0.2) is 15.9 Å². The molecular weight excluding hydrogens is 581 g/mol. The molecule has 3 aromatic rings. The Bertz CT molecular complexity index is 1500. The molecule has 17 heteroatoms. The van der Waals surface area contributed by atoms with Crippen LogP contribution in [0, 0.1) is 0 Å². The Kier molecular flexibility index (Phi) is 8.32. The summed E-state index contributed by atoms with van der Waals surface area (Å²) in [6, 6.07) is 8.84. The van der Waals surface area contributed by atoms with Crippen LogP contribution >= 0.6 is 34.9 Å². The third-order valence-electron chi connectivity index (χ3n) is 5.52. The van der Waals surface area contributed by atoms with E-state index in [-0.39, 0.29) is 23.1 Å². The quantitative estimate of drug-likeness (QED) is 0.0942. The van der Waals surface area contributed by atoms with Crippen LogP contribution < -0.4 is 15.5 Å². The fourth-order valence-corrected chi connectivity index (χ4v) is 6.73. The highest BCUT2D eigenvalue weighted by Gasteiger charge is 2.54. The second-order valence-corrected chi connectivity index (χ2v) is 11.1. The molecule has 0 saturated carbocycles. The van der Waals surface area contributed by atoms with Crippen LogP contribution in [-0.4, -0.2) is 83.0 Å². The molecule has 1 fully saturated rings. The van der Waals surface area contributed by atoms with Crippen molar-refractivity contribution in [1.29, 1.82) is 0 Å². The molecule has 1 saturated heterocycles. The lowest BCUT2D eigenvalue weighted by Crippen LogP contribution is -2.71. The molecule has 2 aromatic heterocycles. The maximum atomic E-state index is 13.4. The minimum atomic E-state index is -1.23. The first kappa shape index (κ1) is 27.2. The molecule has 1 unspecified atom stereocenters. The van der Waals surface area contributed by atoms with Crippen LogP contribution in [0.25, 0.3) is 0 Å². The summed E-state index contributed by atoms with van der Waals surface area (Å²) < 4.78 is 0.684. The molecule has 14 nitrogen and oxygen atoms in total. The number of oxime groups is 1. The molecule has 2 aliphatic heterocycles. The number of fused-ring (bicyclic) bond motifs is 1. The second kappa shape index (κ2) is 12.2. The number of hydrogen-bond acceptors (Lipinski definition) is 13. The van der Waals surface area contributed by atoms with Crippen molar-refractivity contribution < 1.29 is 29.1 Å². The normalized spacial score (nSPS) is 18.4. The zero-order valence-electron chi connectivity index (χ0n) is 20.2. The van der Waals surface area contributed by atoms with Crippen LogP contribution in [0.15, 0.2) is 68.9 Å². The van der Waals surface area contributed by atoms with Crippen molar-refractivity contribution >= 4 is 70.6 Å². The van der Waals surface area contributed by atoms with Crippen LogP contribution in [0.5, 0.6) is 5.75 Å². The van der Waals surface area contributed by atoms with Gasteiger partial charge in [-0.15, -0.1) is 22.0 Å². The van der Waals surface area contributed by atoms with Crippen LogP contribution in [0.4, 0.5) is 5.82 Å². The van der Waals surface area contributed by atoms with E-state index in [9.17, 15) is 24.3 Å². The van der Waals surface area contributed by atoms with Gasteiger partial charge in [-0.2, -0.15) is 0 Å². The maximum absolute atomic E-state index is 13.4. The van der Waals surface area contributed by atoms with Crippen LogP contribution in [-0.2, 0) is 19.2 Å². The highest BCUT2D eigenvalue weighted by atomic mass is 32.2. The largest absolute Gasteiger partial charge is 0.477 e. The summed E-state index contributed by atoms with van der Waals surface area (Å²) >= 11 is 4.00. The van der Waals surface area contributed by atoms with E-state index in [1.165, 1.54) is 52.0 Å². The first-order valence-corrected chi connectivity index (χ1v) is 14.3. The van der Waals surface area contributed by atoms with Crippen LogP contribution in [0.1, 0.15) is 5.82 Å². The van der Waals surface area contributed by atoms with Gasteiger partial charge in [-0.05, 0) is 23.8 Å². The molecule has 0 aliphatic carbocycles. The van der Waals surface area contributed by atoms with Crippen LogP contribution in [0.3, 0.4) is 0 Å². The van der Waals surface area contributed by atoms with E-state index < -0.39 is 29.2 Å². The zero-order valence-corrected chi connectivity index (χ0v) is 22.6. The fourth-order valence-electron chi connectivity index (χ4n) is 3.76. The van der Waals surface area contributed by atoms with E-state index in [2.05, 4.69) is 36.0 Å². The number of amides is 3. The van der Waals surface area contributed by atoms with Gasteiger partial charge in [0.25, 0.3) is 11.8 Å². The average Bonchev–Trinajstić information content (AvgIpc) is 3.49. The van der Waals surface area contributed by atoms with E-state index in [4.69, 9.17) is 4.84 Å². The molecule has 0 radical (unpaired) electrons. The number of anilines is 1. The van der Waals surface area contributed by atoms with Crippen molar-refractivity contribution in [3.05, 3.63) is 65.2 Å². The number of rotatable bonds is 11. The molecule has 0 spiro atoms. The Morgan fingerprint density at radius 2 is 2.10 bits per heavy atom. The lowest BCUT2D eigenvalue weighted by atomic mass is 10.0. The summed E-state index contributed by atoms with van der Waals surface area (Å²) in [6.07, 6.45) is 1.73. The van der Waals surface area contributed by atoms with Crippen molar-refractivity contribution in [2.24, 2.45) is 5.16 Å². The predicted molar refractivity (Wildman–Crippen MR) is 146 cm³/mol. The van der Waals surface area contributed by atoms with Crippen molar-refractivity contribution in [1.82, 2.24) is 30.4 Å². The second-order valence-electron chi connectivity index (χ2n) is 7.98. The smallest absolute Gasteiger partial charge is 0.352 e. The number of carboxylic acids is 1. The van der Waals surface area contributed by atoms with Crippen molar-refractivity contribution in [2.75, 3.05) is 16.8 Å². The lowest BCUT2D eigenvalue weighted by molar-refractivity contribution is -0.150. The molecule has 2 atom stereocenters. The first-order chi connectivity index (χ1) is 19.5. The van der Waals surface area contributed by atoms with Gasteiger partial charge in [0.2, 0.25) is 12.1 Å². The van der Waals surface area contributed by atoms with Gasteiger partial charge in [0.1, 0.15) is 28.4 Å². The number of aliphatic carboxylic acids is 1. The van der Waals surface area contributed by atoms with Gasteiger partial charge in [-0.3, -0.25) is 19.3 Å². The number of nitrogens with zero attached hydrogens (tertiary/aromatic N) is 6. The molecule has 2 aliphatic rings. The predicted octanol–water partition coefficient (Wildman–Crippen LogP) is 1.21. The number of thioether (sulfide) groups is 2. The lowest BCUT2D eigenvalue weighted by Gasteiger charge is -2.49. The standard InChI is InChI=1S/C23H18N8O6S3/c32-10-25-14-6-7-24-18(27-14)15(30-37-13-4-2-1-3-5-13)19(33)28-16-20(34)31-17(22(35)36)12(8-38-21(16)31)9-39-23-29-26-11-40-23/h1-7,10-11,16,21H,8-9H2,(H,28,33)(H,35,36)(H,24,25,27,32)/b30-15+/t16?,21-/m1/s1. The number of carbonyl (C=O) groups is 4. The summed E-state index contributed by atoms with van der Waals surface area (Å²) in [5.74, 6) is -1.69. The van der Waals surface area contributed by atoms with Crippen molar-refractivity contribution in [3.63, 3.8) is 0 Å². The Morgan fingerprint density at radius 1 is 1.27 bits per heavy atom. The zero-order chi connectivity index (χ0) is 28.1. The molecule has 1 aromatic carbocycles. The number of aromatic nitrogens is 4. The SMILES string of the molecule is O=CNc1ccnc(/C(=N\Oc2ccccc2)C(=O)NC2C(=O)N3C(C(=O)O)=C(CSc4nncs4)CS[C@H]23)n1. The topological polar surface area (TPSA) is 189 Å². The number of carbonyl (C=O) groups excluding carboxylic acids is 3. The summed E-state index contributed by atoms with van der Waals surface area (Å²) in [4.78, 5) is 64.2. The van der Waals surface area contributed by atoms with E-state index in [1.54, 1.807) is 35.8 Å². The number of nitrogens with one attached hydrogen (secondary N) is 2. The van der Waals surface area contributed by atoms with E-state index in [0.717, 1.165) is 0 Å². The summed E-state index contributed by atoms with van der Waals surface area (Å²) in [5, 5.41) is 25.9. The van der Waals surface area contributed by atoms with E-state index >= 15 is 0 Å². The molecule has 3 N–H and O–H groups in total. The number of hydrogen-bond donors (Lipinski definition) is 3. The Hall–Kier alpha value is -4.35. The van der Waals surface area contributed by atoms with Gasteiger partial charge in [-0.25, -0.2) is 14.8 Å². The van der Waals surface area contributed by atoms with E-state index in [1.807, 2.05) is 0 Å². The monoisotopic (exact) mass is 598 g/mol. The minimum Gasteiger partial charge on any atom is -0.477 e. The molecule has 5 rings (SSSR count). The molecule has 3 amide bonds. The molecule has 4 heterocycles. The van der Waals surface area contributed by atoms with Crippen LogP contribution in [0.2, 0.25) is 0 Å². The molecule has 0 bridgehead atoms. The van der Waals surface area contributed by atoms with E-state index in [0.29, 0.717) is 33.6 Å². The van der Waals surface area contributed by atoms with Gasteiger partial charge < -0.3 is 20.6 Å². The fraction of sp³-hybridized carbons (Fsp3) is 0.174. The van der Waals surface area contributed by atoms with Gasteiger partial charge in [-0.1, -0.05) is 46.5 Å². The summed E-state index contributed by atoms with van der Waals surface area (Å²) in [5.41, 5.74) is 1.69.